The Labute approximate surface area is 94.5 Å². The molecule has 0 aliphatic heterocycles. The van der Waals surface area contributed by atoms with Crippen molar-refractivity contribution in [1.29, 1.82) is 0 Å². The predicted molar refractivity (Wildman–Crippen MR) is 66.6 cm³/mol. The van der Waals surface area contributed by atoms with Gasteiger partial charge in [0.1, 0.15) is 0 Å². The molecule has 0 unspecified atom stereocenters. The summed E-state index contributed by atoms with van der Waals surface area (Å²) in [6, 6.07) is 11.8. The van der Waals surface area contributed by atoms with Gasteiger partial charge in [0.05, 0.1) is 0 Å². The zero-order valence-corrected chi connectivity index (χ0v) is 9.42. The van der Waals surface area contributed by atoms with Gasteiger partial charge in [-0.25, -0.2) is 0 Å². The van der Waals surface area contributed by atoms with E-state index in [9.17, 15) is 4.79 Å². The average Bonchev–Trinajstić information content (AvgIpc) is 2.27. The van der Waals surface area contributed by atoms with Gasteiger partial charge in [0, 0.05) is 11.3 Å². The fourth-order valence-electron chi connectivity index (χ4n) is 1.82. The van der Waals surface area contributed by atoms with Crippen LogP contribution in [0.4, 0.5) is 0 Å². The lowest BCUT2D eigenvalue weighted by Gasteiger charge is -2.06. The van der Waals surface area contributed by atoms with Crippen LogP contribution in [0.3, 0.4) is 0 Å². The summed E-state index contributed by atoms with van der Waals surface area (Å²) >= 11 is 4.29. The molecule has 15 heavy (non-hydrogen) atoms. The van der Waals surface area contributed by atoms with E-state index < -0.39 is 0 Å². The molecular formula is C13H12OS. The van der Waals surface area contributed by atoms with E-state index in [-0.39, 0.29) is 5.78 Å². The molecule has 2 aromatic rings. The SMILES string of the molecule is CC(=O)c1cccc2c(CS)cccc12. The molecule has 0 radical (unpaired) electrons. The second-order valence-corrected chi connectivity index (χ2v) is 3.85. The first-order valence-corrected chi connectivity index (χ1v) is 5.49. The van der Waals surface area contributed by atoms with Crippen LogP contribution in [0.15, 0.2) is 36.4 Å². The number of rotatable bonds is 2. The Hall–Kier alpha value is -1.28. The minimum atomic E-state index is 0.108. The van der Waals surface area contributed by atoms with E-state index in [0.29, 0.717) is 5.75 Å². The monoisotopic (exact) mass is 216 g/mol. The Balaban J connectivity index is 2.82. The van der Waals surface area contributed by atoms with Crippen molar-refractivity contribution >= 4 is 29.2 Å². The van der Waals surface area contributed by atoms with Crippen LogP contribution in [0.25, 0.3) is 10.8 Å². The number of ketones is 1. The lowest BCUT2D eigenvalue weighted by atomic mass is 9.99. The molecule has 0 amide bonds. The lowest BCUT2D eigenvalue weighted by molar-refractivity contribution is 0.101. The first-order valence-electron chi connectivity index (χ1n) is 4.86. The fourth-order valence-corrected chi connectivity index (χ4v) is 2.10. The van der Waals surface area contributed by atoms with Gasteiger partial charge in [-0.15, -0.1) is 0 Å². The van der Waals surface area contributed by atoms with Crippen molar-refractivity contribution in [2.24, 2.45) is 0 Å². The molecule has 0 saturated heterocycles. The van der Waals surface area contributed by atoms with E-state index in [1.54, 1.807) is 6.92 Å². The van der Waals surface area contributed by atoms with Gasteiger partial charge in [0.15, 0.2) is 5.78 Å². The maximum atomic E-state index is 11.4. The van der Waals surface area contributed by atoms with E-state index in [1.807, 2.05) is 36.4 Å². The molecule has 0 aliphatic rings. The third kappa shape index (κ3) is 1.77. The van der Waals surface area contributed by atoms with Gasteiger partial charge in [-0.2, -0.15) is 12.6 Å². The second-order valence-electron chi connectivity index (χ2n) is 3.53. The standard InChI is InChI=1S/C13H12OS/c1-9(14)11-5-3-6-12-10(8-15)4-2-7-13(11)12/h2-7,15H,8H2,1H3. The first-order chi connectivity index (χ1) is 7.24. The lowest BCUT2D eigenvalue weighted by Crippen LogP contribution is -1.94. The largest absolute Gasteiger partial charge is 0.294 e. The highest BCUT2D eigenvalue weighted by Crippen LogP contribution is 2.23. The topological polar surface area (TPSA) is 17.1 Å². The maximum absolute atomic E-state index is 11.4. The molecule has 0 saturated carbocycles. The molecule has 1 nitrogen and oxygen atoms in total. The summed E-state index contributed by atoms with van der Waals surface area (Å²) in [4.78, 5) is 11.4. The molecule has 0 N–H and O–H groups in total. The normalized spacial score (nSPS) is 10.5. The molecule has 2 rings (SSSR count). The summed E-state index contributed by atoms with van der Waals surface area (Å²) in [5.41, 5.74) is 1.95. The van der Waals surface area contributed by atoms with Crippen LogP contribution in [0.5, 0.6) is 0 Å². The molecule has 0 aromatic heterocycles. The number of hydrogen-bond donors (Lipinski definition) is 1. The van der Waals surface area contributed by atoms with Crippen LogP contribution in [-0.2, 0) is 5.75 Å². The number of benzene rings is 2. The van der Waals surface area contributed by atoms with Crippen LogP contribution >= 0.6 is 12.6 Å². The number of carbonyl (C=O) groups excluding carboxylic acids is 1. The van der Waals surface area contributed by atoms with Gasteiger partial charge in [-0.3, -0.25) is 4.79 Å². The van der Waals surface area contributed by atoms with E-state index >= 15 is 0 Å². The Morgan fingerprint density at radius 2 is 1.80 bits per heavy atom. The van der Waals surface area contributed by atoms with Crippen LogP contribution in [0, 0.1) is 0 Å². The van der Waals surface area contributed by atoms with Crippen molar-refractivity contribution in [3.63, 3.8) is 0 Å². The van der Waals surface area contributed by atoms with Gasteiger partial charge in [-0.1, -0.05) is 36.4 Å². The van der Waals surface area contributed by atoms with Crippen LogP contribution in [-0.4, -0.2) is 5.78 Å². The van der Waals surface area contributed by atoms with E-state index in [1.165, 1.54) is 5.56 Å². The summed E-state index contributed by atoms with van der Waals surface area (Å²) in [5, 5.41) is 2.15. The van der Waals surface area contributed by atoms with E-state index in [4.69, 9.17) is 0 Å². The quantitative estimate of drug-likeness (QED) is 0.601. The molecule has 0 spiro atoms. The second kappa shape index (κ2) is 4.07. The Bertz CT molecular complexity index is 517. The third-order valence-electron chi connectivity index (χ3n) is 2.56. The van der Waals surface area contributed by atoms with Crippen molar-refractivity contribution in [3.8, 4) is 0 Å². The smallest absolute Gasteiger partial charge is 0.160 e. The molecule has 0 heterocycles. The van der Waals surface area contributed by atoms with Crippen LogP contribution in [0.1, 0.15) is 22.8 Å². The van der Waals surface area contributed by atoms with Crippen LogP contribution in [0.2, 0.25) is 0 Å². The van der Waals surface area contributed by atoms with Crippen molar-refractivity contribution in [2.75, 3.05) is 0 Å². The number of thiol groups is 1. The highest BCUT2D eigenvalue weighted by Gasteiger charge is 2.06. The van der Waals surface area contributed by atoms with Crippen molar-refractivity contribution < 1.29 is 4.79 Å². The summed E-state index contributed by atoms with van der Waals surface area (Å²) in [6.45, 7) is 1.60. The minimum absolute atomic E-state index is 0.108. The highest BCUT2D eigenvalue weighted by molar-refractivity contribution is 7.79. The maximum Gasteiger partial charge on any atom is 0.160 e. The Morgan fingerprint density at radius 3 is 2.47 bits per heavy atom. The summed E-state index contributed by atoms with van der Waals surface area (Å²) < 4.78 is 0. The van der Waals surface area contributed by atoms with Crippen molar-refractivity contribution in [3.05, 3.63) is 47.5 Å². The van der Waals surface area contributed by atoms with Gasteiger partial charge in [0.25, 0.3) is 0 Å². The summed E-state index contributed by atoms with van der Waals surface area (Å²) in [5.74, 6) is 0.801. The van der Waals surface area contributed by atoms with Gasteiger partial charge in [-0.05, 0) is 23.3 Å². The predicted octanol–water partition coefficient (Wildman–Crippen LogP) is 3.47. The number of carbonyl (C=O) groups is 1. The number of Topliss-reactive ketones (excluding diaryl/α,β-unsaturated/α-hetero) is 1. The van der Waals surface area contributed by atoms with Gasteiger partial charge >= 0.3 is 0 Å². The van der Waals surface area contributed by atoms with Crippen LogP contribution < -0.4 is 0 Å². The van der Waals surface area contributed by atoms with E-state index in [0.717, 1.165) is 16.3 Å². The zero-order valence-electron chi connectivity index (χ0n) is 8.53. The molecule has 0 aliphatic carbocycles. The van der Waals surface area contributed by atoms with Crippen molar-refractivity contribution in [1.82, 2.24) is 0 Å². The van der Waals surface area contributed by atoms with Gasteiger partial charge < -0.3 is 0 Å². The minimum Gasteiger partial charge on any atom is -0.294 e. The zero-order chi connectivity index (χ0) is 10.8. The summed E-state index contributed by atoms with van der Waals surface area (Å²) in [6.07, 6.45) is 0. The number of hydrogen-bond acceptors (Lipinski definition) is 2. The van der Waals surface area contributed by atoms with Gasteiger partial charge in [0.2, 0.25) is 0 Å². The first kappa shape index (κ1) is 10.2. The summed E-state index contributed by atoms with van der Waals surface area (Å²) in [7, 11) is 0. The Kier molecular flexibility index (Phi) is 2.78. The molecule has 76 valence electrons. The molecule has 2 aromatic carbocycles. The molecular weight excluding hydrogens is 204 g/mol. The van der Waals surface area contributed by atoms with Crippen molar-refractivity contribution in [2.45, 2.75) is 12.7 Å². The molecule has 2 heteroatoms. The fraction of sp³-hybridized carbons (Fsp3) is 0.154. The van der Waals surface area contributed by atoms with E-state index in [2.05, 4.69) is 12.6 Å². The third-order valence-corrected chi connectivity index (χ3v) is 2.90. The highest BCUT2D eigenvalue weighted by atomic mass is 32.1. The molecule has 0 atom stereocenters. The molecule has 0 bridgehead atoms. The number of fused-ring (bicyclic) bond motifs is 1. The molecule has 0 fully saturated rings. The Morgan fingerprint density at radius 1 is 1.13 bits per heavy atom. The average molecular weight is 216 g/mol.